The Balaban J connectivity index is 1.36. The third-order valence-electron chi connectivity index (χ3n) is 5.01. The van der Waals surface area contributed by atoms with Crippen LogP contribution >= 0.6 is 0 Å². The summed E-state index contributed by atoms with van der Waals surface area (Å²) in [6.45, 7) is 5.77. The number of aryl methyl sites for hydroxylation is 1. The molecule has 2 aromatic heterocycles. The van der Waals surface area contributed by atoms with Gasteiger partial charge in [-0.3, -0.25) is 4.79 Å². The Labute approximate surface area is 152 Å². The highest BCUT2D eigenvalue weighted by Crippen LogP contribution is 2.31. The molecule has 1 atom stereocenters. The molecule has 1 amide bonds. The molecule has 0 bridgehead atoms. The Morgan fingerprint density at radius 2 is 2.12 bits per heavy atom. The topological polar surface area (TPSA) is 63.1 Å². The fraction of sp³-hybridized carbons (Fsp3) is 0.350. The molecule has 0 saturated carbocycles. The van der Waals surface area contributed by atoms with Crippen molar-refractivity contribution in [1.82, 2.24) is 20.1 Å². The van der Waals surface area contributed by atoms with Crippen LogP contribution in [0.2, 0.25) is 0 Å². The first-order valence-electron chi connectivity index (χ1n) is 9.03. The van der Waals surface area contributed by atoms with E-state index < -0.39 is 0 Å². The number of pyridine rings is 1. The van der Waals surface area contributed by atoms with Crippen LogP contribution in [0.5, 0.6) is 0 Å². The van der Waals surface area contributed by atoms with Gasteiger partial charge in [-0.25, -0.2) is 9.67 Å². The molecule has 3 heterocycles. The van der Waals surface area contributed by atoms with E-state index >= 15 is 0 Å². The molecule has 3 aromatic rings. The second kappa shape index (κ2) is 6.78. The molecule has 0 saturated heterocycles. The molecule has 1 aromatic carbocycles. The van der Waals surface area contributed by atoms with Gasteiger partial charge in [-0.1, -0.05) is 18.2 Å². The standard InChI is InChI=1S/C20H23N5O/c1-14-12-16-6-3-4-8-18(16)24(14)11-10-21-19(26)13-25-20-17(15(2)23-25)7-5-9-22-20/h3-9,14H,10-13H2,1-2H3,(H,21,26). The van der Waals surface area contributed by atoms with Gasteiger partial charge < -0.3 is 10.2 Å². The molecule has 6 nitrogen and oxygen atoms in total. The number of benzene rings is 1. The van der Waals surface area contributed by atoms with E-state index in [2.05, 4.69) is 51.5 Å². The number of anilines is 1. The van der Waals surface area contributed by atoms with E-state index in [1.165, 1.54) is 11.3 Å². The third kappa shape index (κ3) is 3.03. The Morgan fingerprint density at radius 3 is 3.00 bits per heavy atom. The van der Waals surface area contributed by atoms with Crippen LogP contribution in [0.25, 0.3) is 11.0 Å². The van der Waals surface area contributed by atoms with Crippen molar-refractivity contribution in [3.63, 3.8) is 0 Å². The first-order valence-corrected chi connectivity index (χ1v) is 9.03. The van der Waals surface area contributed by atoms with Crippen LogP contribution in [-0.4, -0.2) is 39.8 Å². The minimum atomic E-state index is -0.0415. The van der Waals surface area contributed by atoms with Crippen molar-refractivity contribution < 1.29 is 4.79 Å². The maximum atomic E-state index is 12.3. The lowest BCUT2D eigenvalue weighted by atomic mass is 10.1. The van der Waals surface area contributed by atoms with Crippen LogP contribution < -0.4 is 10.2 Å². The van der Waals surface area contributed by atoms with E-state index in [4.69, 9.17) is 0 Å². The summed E-state index contributed by atoms with van der Waals surface area (Å²) in [4.78, 5) is 19.1. The zero-order chi connectivity index (χ0) is 18.1. The summed E-state index contributed by atoms with van der Waals surface area (Å²) < 4.78 is 1.67. The van der Waals surface area contributed by atoms with Crippen molar-refractivity contribution in [2.24, 2.45) is 0 Å². The lowest BCUT2D eigenvalue weighted by molar-refractivity contribution is -0.121. The number of carbonyl (C=O) groups excluding carboxylic acids is 1. The number of nitrogens with zero attached hydrogens (tertiary/aromatic N) is 4. The van der Waals surface area contributed by atoms with Crippen molar-refractivity contribution in [2.75, 3.05) is 18.0 Å². The number of hydrogen-bond acceptors (Lipinski definition) is 4. The molecule has 0 radical (unpaired) electrons. The predicted octanol–water partition coefficient (Wildman–Crippen LogP) is 2.31. The summed E-state index contributed by atoms with van der Waals surface area (Å²) in [5.41, 5.74) is 4.31. The summed E-state index contributed by atoms with van der Waals surface area (Å²) >= 11 is 0. The molecule has 4 rings (SSSR count). The number of carbonyl (C=O) groups is 1. The molecule has 1 aliphatic heterocycles. The van der Waals surface area contributed by atoms with E-state index in [-0.39, 0.29) is 12.5 Å². The molecular formula is C20H23N5O. The number of aromatic nitrogens is 3. The zero-order valence-corrected chi connectivity index (χ0v) is 15.1. The van der Waals surface area contributed by atoms with Crippen molar-refractivity contribution in [3.05, 3.63) is 53.9 Å². The monoisotopic (exact) mass is 349 g/mol. The van der Waals surface area contributed by atoms with Gasteiger partial charge in [0.25, 0.3) is 0 Å². The maximum absolute atomic E-state index is 12.3. The minimum absolute atomic E-state index is 0.0415. The van der Waals surface area contributed by atoms with Gasteiger partial charge in [0.2, 0.25) is 5.91 Å². The predicted molar refractivity (Wildman–Crippen MR) is 102 cm³/mol. The lowest BCUT2D eigenvalue weighted by Gasteiger charge is -2.25. The van der Waals surface area contributed by atoms with Crippen molar-refractivity contribution in [1.29, 1.82) is 0 Å². The number of amides is 1. The number of hydrogen-bond donors (Lipinski definition) is 1. The zero-order valence-electron chi connectivity index (χ0n) is 15.1. The van der Waals surface area contributed by atoms with E-state index in [1.54, 1.807) is 10.9 Å². The Kier molecular flexibility index (Phi) is 4.32. The smallest absolute Gasteiger partial charge is 0.241 e. The van der Waals surface area contributed by atoms with Gasteiger partial charge in [0.15, 0.2) is 5.65 Å². The second-order valence-corrected chi connectivity index (χ2v) is 6.84. The molecule has 134 valence electrons. The van der Waals surface area contributed by atoms with E-state index in [1.807, 2.05) is 19.1 Å². The average Bonchev–Trinajstić information content (AvgIpc) is 3.13. The van der Waals surface area contributed by atoms with Gasteiger partial charge in [0.1, 0.15) is 6.54 Å². The lowest BCUT2D eigenvalue weighted by Crippen LogP contribution is -2.39. The molecule has 0 fully saturated rings. The summed E-state index contributed by atoms with van der Waals surface area (Å²) in [6, 6.07) is 12.8. The summed E-state index contributed by atoms with van der Waals surface area (Å²) in [6.07, 6.45) is 2.79. The van der Waals surface area contributed by atoms with Crippen molar-refractivity contribution in [3.8, 4) is 0 Å². The highest BCUT2D eigenvalue weighted by atomic mass is 16.2. The molecule has 1 unspecified atom stereocenters. The molecule has 0 aliphatic carbocycles. The number of fused-ring (bicyclic) bond motifs is 2. The molecule has 6 heteroatoms. The Hall–Kier alpha value is -2.89. The quantitative estimate of drug-likeness (QED) is 0.768. The molecule has 1 N–H and O–H groups in total. The highest BCUT2D eigenvalue weighted by molar-refractivity contribution is 5.81. The molecule has 1 aliphatic rings. The van der Waals surface area contributed by atoms with Crippen LogP contribution in [-0.2, 0) is 17.8 Å². The first-order chi connectivity index (χ1) is 12.6. The van der Waals surface area contributed by atoms with Gasteiger partial charge in [0, 0.05) is 36.4 Å². The fourth-order valence-electron chi connectivity index (χ4n) is 3.76. The minimum Gasteiger partial charge on any atom is -0.367 e. The van der Waals surface area contributed by atoms with Crippen LogP contribution in [0.4, 0.5) is 5.69 Å². The van der Waals surface area contributed by atoms with E-state index in [0.29, 0.717) is 12.6 Å². The van der Waals surface area contributed by atoms with Crippen LogP contribution in [0.1, 0.15) is 18.2 Å². The van der Waals surface area contributed by atoms with Crippen LogP contribution in [0.15, 0.2) is 42.6 Å². The SMILES string of the molecule is Cc1nn(CC(=O)NCCN2c3ccccc3CC2C)c2ncccc12. The summed E-state index contributed by atoms with van der Waals surface area (Å²) in [5.74, 6) is -0.0415. The van der Waals surface area contributed by atoms with Gasteiger partial charge in [-0.2, -0.15) is 5.10 Å². The van der Waals surface area contributed by atoms with Crippen molar-refractivity contribution in [2.45, 2.75) is 32.9 Å². The Bertz CT molecular complexity index is 948. The van der Waals surface area contributed by atoms with Crippen LogP contribution in [0, 0.1) is 6.92 Å². The maximum Gasteiger partial charge on any atom is 0.241 e. The van der Waals surface area contributed by atoms with Crippen LogP contribution in [0.3, 0.4) is 0 Å². The van der Waals surface area contributed by atoms with Gasteiger partial charge >= 0.3 is 0 Å². The molecule has 26 heavy (non-hydrogen) atoms. The second-order valence-electron chi connectivity index (χ2n) is 6.84. The number of rotatable bonds is 5. The molecular weight excluding hydrogens is 326 g/mol. The fourth-order valence-corrected chi connectivity index (χ4v) is 3.76. The van der Waals surface area contributed by atoms with Gasteiger partial charge in [-0.05, 0) is 44.0 Å². The number of nitrogens with one attached hydrogen (secondary N) is 1. The van der Waals surface area contributed by atoms with E-state index in [0.717, 1.165) is 29.7 Å². The molecule has 0 spiro atoms. The van der Waals surface area contributed by atoms with E-state index in [9.17, 15) is 4.79 Å². The normalized spacial score (nSPS) is 16.1. The number of para-hydroxylation sites is 1. The van der Waals surface area contributed by atoms with Gasteiger partial charge in [-0.15, -0.1) is 0 Å². The largest absolute Gasteiger partial charge is 0.367 e. The highest BCUT2D eigenvalue weighted by Gasteiger charge is 2.24. The Morgan fingerprint density at radius 1 is 1.27 bits per heavy atom. The average molecular weight is 349 g/mol. The summed E-state index contributed by atoms with van der Waals surface area (Å²) in [7, 11) is 0. The first kappa shape index (κ1) is 16.6. The summed E-state index contributed by atoms with van der Waals surface area (Å²) in [5, 5.41) is 8.44. The van der Waals surface area contributed by atoms with Gasteiger partial charge in [0.05, 0.1) is 5.69 Å². The third-order valence-corrected chi connectivity index (χ3v) is 5.01. The van der Waals surface area contributed by atoms with Crippen molar-refractivity contribution >= 4 is 22.6 Å².